The van der Waals surface area contributed by atoms with Crippen LogP contribution in [0.25, 0.3) is 16.6 Å². The molecule has 1 aliphatic rings. The van der Waals surface area contributed by atoms with Crippen molar-refractivity contribution >= 4 is 28.4 Å². The molecule has 0 amide bonds. The molecule has 1 aliphatic heterocycles. The molecular weight excluding hydrogens is 465 g/mol. The first-order valence-corrected chi connectivity index (χ1v) is 11.2. The molecule has 182 valence electrons. The van der Waals surface area contributed by atoms with E-state index in [0.717, 1.165) is 23.7 Å². The molecular formula is C26H22FN5O4. The van der Waals surface area contributed by atoms with Crippen LogP contribution in [0.1, 0.15) is 28.8 Å². The van der Waals surface area contributed by atoms with E-state index in [1.54, 1.807) is 35.6 Å². The van der Waals surface area contributed by atoms with Gasteiger partial charge in [-0.1, -0.05) is 6.07 Å². The fourth-order valence-corrected chi connectivity index (χ4v) is 4.26. The summed E-state index contributed by atoms with van der Waals surface area (Å²) in [4.78, 5) is 34.7. The van der Waals surface area contributed by atoms with Crippen LogP contribution in [0.15, 0.2) is 71.7 Å². The van der Waals surface area contributed by atoms with Gasteiger partial charge in [0.1, 0.15) is 23.5 Å². The van der Waals surface area contributed by atoms with Gasteiger partial charge in [0, 0.05) is 29.9 Å². The maximum Gasteiger partial charge on any atom is 0.341 e. The lowest BCUT2D eigenvalue weighted by Crippen LogP contribution is -2.21. The van der Waals surface area contributed by atoms with Crippen LogP contribution in [-0.4, -0.2) is 32.2 Å². The Balaban J connectivity index is 1.65. The number of carboxylic acids is 1. The Kier molecular flexibility index (Phi) is 5.85. The standard InChI is InChI=1S/C26H22FN5O4/c1-15-4-2-8-29-25(15)36-14-17-5-3-9-31(17)22-11-21-18(10-20(22)27)24(33)19(26(34)35)13-32(21)16-6-7-23(28)30-12-16/h2,4,6-8,10-14H,3,5,9H2,1H3,(H2,28,30)(H,34,35)/b17-14+. The number of nitrogens with two attached hydrogens (primary N) is 1. The van der Waals surface area contributed by atoms with Gasteiger partial charge in [-0.2, -0.15) is 0 Å². The molecule has 10 heteroatoms. The lowest BCUT2D eigenvalue weighted by atomic mass is 10.1. The minimum absolute atomic E-state index is 0.0574. The van der Waals surface area contributed by atoms with E-state index in [1.807, 2.05) is 19.1 Å². The summed E-state index contributed by atoms with van der Waals surface area (Å²) in [6.07, 6.45) is 7.31. The summed E-state index contributed by atoms with van der Waals surface area (Å²) in [7, 11) is 0. The normalized spacial score (nSPS) is 14.5. The maximum atomic E-state index is 15.4. The number of anilines is 2. The summed E-state index contributed by atoms with van der Waals surface area (Å²) < 4.78 is 22.7. The minimum atomic E-state index is -1.41. The number of carboxylic acid groups (broad SMARTS) is 1. The molecule has 4 aromatic rings. The average molecular weight is 487 g/mol. The van der Waals surface area contributed by atoms with Crippen LogP contribution in [0.2, 0.25) is 0 Å². The number of hydrogen-bond donors (Lipinski definition) is 2. The highest BCUT2D eigenvalue weighted by Gasteiger charge is 2.25. The van der Waals surface area contributed by atoms with Gasteiger partial charge in [0.05, 0.1) is 28.8 Å². The van der Waals surface area contributed by atoms with Crippen LogP contribution in [0.5, 0.6) is 5.88 Å². The SMILES string of the molecule is Cc1cccnc1O/C=C1\CCCN1c1cc2c(cc1F)c(=O)c(C(=O)O)cn2-c1ccc(N)nc1. The fraction of sp³-hybridized carbons (Fsp3) is 0.154. The van der Waals surface area contributed by atoms with Gasteiger partial charge < -0.3 is 25.0 Å². The van der Waals surface area contributed by atoms with Crippen molar-refractivity contribution in [3.63, 3.8) is 0 Å². The quantitative estimate of drug-likeness (QED) is 0.405. The number of pyridine rings is 3. The molecule has 0 radical (unpaired) electrons. The maximum absolute atomic E-state index is 15.4. The van der Waals surface area contributed by atoms with Crippen molar-refractivity contribution in [1.29, 1.82) is 0 Å². The van der Waals surface area contributed by atoms with E-state index in [0.29, 0.717) is 30.0 Å². The third-order valence-electron chi connectivity index (χ3n) is 6.07. The first-order valence-electron chi connectivity index (χ1n) is 11.2. The lowest BCUT2D eigenvalue weighted by molar-refractivity contribution is 0.0695. The smallest absolute Gasteiger partial charge is 0.341 e. The van der Waals surface area contributed by atoms with Crippen molar-refractivity contribution in [3.8, 4) is 11.6 Å². The predicted molar refractivity (Wildman–Crippen MR) is 133 cm³/mol. The number of fused-ring (bicyclic) bond motifs is 1. The Morgan fingerprint density at radius 1 is 1.25 bits per heavy atom. The number of nitrogens with zero attached hydrogens (tertiary/aromatic N) is 4. The second-order valence-corrected chi connectivity index (χ2v) is 8.42. The second kappa shape index (κ2) is 9.14. The summed E-state index contributed by atoms with van der Waals surface area (Å²) >= 11 is 0. The first kappa shape index (κ1) is 23.0. The first-order chi connectivity index (χ1) is 17.3. The van der Waals surface area contributed by atoms with Crippen LogP contribution >= 0.6 is 0 Å². The summed E-state index contributed by atoms with van der Waals surface area (Å²) in [5.74, 6) is -1.31. The number of aromatic carboxylic acids is 1. The number of aromatic nitrogens is 3. The van der Waals surface area contributed by atoms with Gasteiger partial charge in [-0.25, -0.2) is 19.2 Å². The molecule has 3 aromatic heterocycles. The summed E-state index contributed by atoms with van der Waals surface area (Å²) in [6.45, 7) is 2.42. The molecule has 0 atom stereocenters. The fourth-order valence-electron chi connectivity index (χ4n) is 4.26. The molecule has 0 unspecified atom stereocenters. The topological polar surface area (TPSA) is 124 Å². The molecule has 3 N–H and O–H groups in total. The largest absolute Gasteiger partial charge is 0.477 e. The molecule has 5 rings (SSSR count). The average Bonchev–Trinajstić information content (AvgIpc) is 3.32. The van der Waals surface area contributed by atoms with E-state index in [2.05, 4.69) is 9.97 Å². The van der Waals surface area contributed by atoms with Gasteiger partial charge in [0.25, 0.3) is 0 Å². The molecule has 0 aliphatic carbocycles. The van der Waals surface area contributed by atoms with Crippen molar-refractivity contribution in [2.75, 3.05) is 17.2 Å². The number of benzene rings is 1. The Hall–Kier alpha value is -4.73. The Bertz CT molecular complexity index is 1580. The second-order valence-electron chi connectivity index (χ2n) is 8.42. The zero-order chi connectivity index (χ0) is 25.4. The molecule has 1 saturated heterocycles. The highest BCUT2D eigenvalue weighted by molar-refractivity contribution is 5.94. The number of aryl methyl sites for hydroxylation is 1. The molecule has 0 saturated carbocycles. The Labute approximate surface area is 204 Å². The zero-order valence-corrected chi connectivity index (χ0v) is 19.3. The highest BCUT2D eigenvalue weighted by atomic mass is 19.1. The van der Waals surface area contributed by atoms with Gasteiger partial charge in [0.2, 0.25) is 11.3 Å². The Morgan fingerprint density at radius 3 is 2.81 bits per heavy atom. The monoisotopic (exact) mass is 487 g/mol. The summed E-state index contributed by atoms with van der Waals surface area (Å²) in [5, 5.41) is 9.51. The van der Waals surface area contributed by atoms with Crippen LogP contribution < -0.4 is 20.8 Å². The minimum Gasteiger partial charge on any atom is -0.477 e. The van der Waals surface area contributed by atoms with Crippen LogP contribution in [0, 0.1) is 12.7 Å². The van der Waals surface area contributed by atoms with Crippen molar-refractivity contribution in [2.24, 2.45) is 0 Å². The van der Waals surface area contributed by atoms with Crippen LogP contribution in [0.3, 0.4) is 0 Å². The zero-order valence-electron chi connectivity index (χ0n) is 19.3. The number of allylic oxidation sites excluding steroid dienone is 1. The predicted octanol–water partition coefficient (Wildman–Crippen LogP) is 4.03. The van der Waals surface area contributed by atoms with Crippen molar-refractivity contribution in [1.82, 2.24) is 14.5 Å². The summed E-state index contributed by atoms with van der Waals surface area (Å²) in [6, 6.07) is 9.52. The molecule has 9 nitrogen and oxygen atoms in total. The number of halogens is 1. The third-order valence-corrected chi connectivity index (χ3v) is 6.07. The van der Waals surface area contributed by atoms with Crippen molar-refractivity contribution < 1.29 is 19.0 Å². The van der Waals surface area contributed by atoms with E-state index in [-0.39, 0.29) is 16.9 Å². The van der Waals surface area contributed by atoms with Crippen molar-refractivity contribution in [2.45, 2.75) is 19.8 Å². The van der Waals surface area contributed by atoms with E-state index in [1.165, 1.54) is 17.0 Å². The van der Waals surface area contributed by atoms with Gasteiger partial charge in [0.15, 0.2) is 0 Å². The van der Waals surface area contributed by atoms with E-state index < -0.39 is 22.8 Å². The molecule has 36 heavy (non-hydrogen) atoms. The van der Waals surface area contributed by atoms with E-state index >= 15 is 4.39 Å². The molecule has 1 aromatic carbocycles. The van der Waals surface area contributed by atoms with Gasteiger partial charge in [-0.3, -0.25) is 4.79 Å². The number of hydrogen-bond acceptors (Lipinski definition) is 7. The number of nitrogen functional groups attached to an aromatic ring is 1. The Morgan fingerprint density at radius 2 is 2.08 bits per heavy atom. The highest BCUT2D eigenvalue weighted by Crippen LogP contribution is 2.34. The van der Waals surface area contributed by atoms with Gasteiger partial charge >= 0.3 is 5.97 Å². The molecule has 4 heterocycles. The van der Waals surface area contributed by atoms with E-state index in [9.17, 15) is 14.7 Å². The number of carbonyl (C=O) groups is 1. The van der Waals surface area contributed by atoms with E-state index in [4.69, 9.17) is 10.5 Å². The molecule has 1 fully saturated rings. The number of rotatable bonds is 5. The lowest BCUT2D eigenvalue weighted by Gasteiger charge is -2.22. The number of ether oxygens (including phenoxy) is 1. The van der Waals surface area contributed by atoms with Crippen molar-refractivity contribution in [3.05, 3.63) is 94.1 Å². The van der Waals surface area contributed by atoms with Crippen LogP contribution in [0.4, 0.5) is 15.9 Å². The van der Waals surface area contributed by atoms with Gasteiger partial charge in [-0.05, 0) is 50.1 Å². The molecule has 0 bridgehead atoms. The van der Waals surface area contributed by atoms with Gasteiger partial charge in [-0.15, -0.1) is 0 Å². The molecule has 0 spiro atoms. The third kappa shape index (κ3) is 4.13. The van der Waals surface area contributed by atoms with Crippen LogP contribution in [-0.2, 0) is 0 Å². The summed E-state index contributed by atoms with van der Waals surface area (Å²) in [5.41, 5.74) is 7.12.